The summed E-state index contributed by atoms with van der Waals surface area (Å²) in [5.74, 6) is -0.577. The van der Waals surface area contributed by atoms with Gasteiger partial charge in [0.15, 0.2) is 5.78 Å². The molecule has 6 nitrogen and oxygen atoms in total. The van der Waals surface area contributed by atoms with Crippen LogP contribution in [0.4, 0.5) is 14.6 Å². The van der Waals surface area contributed by atoms with Gasteiger partial charge in [-0.05, 0) is 110 Å². The molecule has 8 rings (SSSR count). The van der Waals surface area contributed by atoms with Crippen LogP contribution in [0, 0.1) is 17.6 Å². The molecule has 2 spiro atoms. The first-order valence-electron chi connectivity index (χ1n) is 16.3. The van der Waals surface area contributed by atoms with E-state index in [1.54, 1.807) is 6.20 Å². The predicted molar refractivity (Wildman–Crippen MR) is 168 cm³/mol. The summed E-state index contributed by atoms with van der Waals surface area (Å²) in [5, 5.41) is 7.60. The molecule has 4 aromatic rings. The SMILES string of the molecule is O=C1C(CCc2ccc3nc4c(cc3c2)CC2(C4)C(=O)Nc3ncccc32)CC(c2cc(F)cc(F)c2)CCNC12CCCC2. The van der Waals surface area contributed by atoms with Gasteiger partial charge in [-0.15, -0.1) is 0 Å². The molecule has 4 heterocycles. The van der Waals surface area contributed by atoms with Gasteiger partial charge in [0, 0.05) is 41.2 Å². The van der Waals surface area contributed by atoms with Gasteiger partial charge in [0.25, 0.3) is 0 Å². The zero-order valence-electron chi connectivity index (χ0n) is 25.2. The summed E-state index contributed by atoms with van der Waals surface area (Å²) in [7, 11) is 0. The molecule has 0 radical (unpaired) electrons. The number of nitrogens with one attached hydrogen (secondary N) is 2. The number of nitrogens with zero attached hydrogens (tertiary/aromatic N) is 2. The number of carbonyl (C=O) groups is 2. The minimum atomic E-state index is -0.664. The van der Waals surface area contributed by atoms with E-state index in [1.807, 2.05) is 18.2 Å². The van der Waals surface area contributed by atoms with Gasteiger partial charge in [-0.3, -0.25) is 14.6 Å². The molecule has 2 aliphatic heterocycles. The van der Waals surface area contributed by atoms with Crippen LogP contribution in [-0.4, -0.2) is 33.7 Å². The van der Waals surface area contributed by atoms with Crippen molar-refractivity contribution in [3.63, 3.8) is 0 Å². The third-order valence-corrected chi connectivity index (χ3v) is 11.0. The van der Waals surface area contributed by atoms with Crippen molar-refractivity contribution in [1.82, 2.24) is 15.3 Å². The second-order valence-electron chi connectivity index (χ2n) is 13.7. The molecule has 2 aliphatic carbocycles. The highest BCUT2D eigenvalue weighted by molar-refractivity contribution is 6.06. The van der Waals surface area contributed by atoms with Crippen molar-refractivity contribution in [2.24, 2.45) is 5.92 Å². The number of hydrogen-bond donors (Lipinski definition) is 2. The summed E-state index contributed by atoms with van der Waals surface area (Å²) >= 11 is 0. The van der Waals surface area contributed by atoms with Crippen molar-refractivity contribution in [3.8, 4) is 0 Å². The summed E-state index contributed by atoms with van der Waals surface area (Å²) in [4.78, 5) is 36.7. The fourth-order valence-corrected chi connectivity index (χ4v) is 8.67. The molecule has 230 valence electrons. The number of ketones is 1. The van der Waals surface area contributed by atoms with Crippen molar-refractivity contribution in [2.45, 2.75) is 81.1 Å². The smallest absolute Gasteiger partial charge is 0.237 e. The number of anilines is 1. The van der Waals surface area contributed by atoms with Crippen molar-refractivity contribution >= 4 is 28.4 Å². The number of fused-ring (bicyclic) bond motifs is 4. The lowest BCUT2D eigenvalue weighted by molar-refractivity contribution is -0.130. The fraction of sp³-hybridized carbons (Fsp3) is 0.405. The van der Waals surface area contributed by atoms with Crippen LogP contribution in [0.5, 0.6) is 0 Å². The molecular weight excluding hydrogens is 570 g/mol. The van der Waals surface area contributed by atoms with Gasteiger partial charge in [-0.1, -0.05) is 25.0 Å². The van der Waals surface area contributed by atoms with Gasteiger partial charge in [-0.25, -0.2) is 13.8 Å². The number of aryl methyl sites for hydroxylation is 1. The van der Waals surface area contributed by atoms with Crippen LogP contribution >= 0.6 is 0 Å². The Hall–Kier alpha value is -4.04. The Morgan fingerprint density at radius 1 is 0.956 bits per heavy atom. The Morgan fingerprint density at radius 2 is 1.78 bits per heavy atom. The maximum atomic E-state index is 14.2. The van der Waals surface area contributed by atoms with Crippen LogP contribution in [0.25, 0.3) is 10.9 Å². The van der Waals surface area contributed by atoms with Crippen molar-refractivity contribution < 1.29 is 18.4 Å². The standard InChI is InChI=1S/C37H36F2N4O2/c38-28-17-25(18-29(39)19-28)23-9-13-41-37(10-1-2-11-37)33(44)24(15-23)7-5-22-6-8-31-26(14-22)16-27-20-36(21-32(27)42-31)30-4-3-12-40-34(30)43-35(36)45/h3-4,6,8,12,14,16-19,23-24,41H,1-2,5,7,9-11,13,15,20-21H2,(H,40,43,45). The molecule has 1 amide bonds. The number of amides is 1. The van der Waals surface area contributed by atoms with E-state index in [4.69, 9.17) is 4.98 Å². The first-order chi connectivity index (χ1) is 21.8. The molecule has 3 unspecified atom stereocenters. The maximum absolute atomic E-state index is 14.2. The average Bonchev–Trinajstić information content (AvgIpc) is 3.72. The molecule has 1 saturated heterocycles. The van der Waals surface area contributed by atoms with Crippen LogP contribution in [0.1, 0.15) is 78.8 Å². The zero-order chi connectivity index (χ0) is 30.8. The average molecular weight is 607 g/mol. The number of halogens is 2. The van der Waals surface area contributed by atoms with Crippen LogP contribution in [0.2, 0.25) is 0 Å². The monoisotopic (exact) mass is 606 g/mol. The fourth-order valence-electron chi connectivity index (χ4n) is 8.67. The molecule has 2 aromatic carbocycles. The summed E-state index contributed by atoms with van der Waals surface area (Å²) in [6, 6.07) is 16.1. The number of carbonyl (C=O) groups excluding carboxylic acids is 2. The number of benzene rings is 2. The number of rotatable bonds is 4. The van der Waals surface area contributed by atoms with E-state index in [1.165, 1.54) is 12.1 Å². The van der Waals surface area contributed by atoms with E-state index in [0.717, 1.165) is 77.9 Å². The molecule has 2 fully saturated rings. The van der Waals surface area contributed by atoms with Gasteiger partial charge in [0.05, 0.1) is 16.5 Å². The third-order valence-electron chi connectivity index (χ3n) is 11.0. The number of Topliss-reactive ketones (excluding diaryl/α,β-unsaturated/α-hetero) is 1. The second kappa shape index (κ2) is 10.8. The minimum Gasteiger partial charge on any atom is -0.310 e. The lowest BCUT2D eigenvalue weighted by Gasteiger charge is -2.37. The van der Waals surface area contributed by atoms with Crippen molar-refractivity contribution in [1.29, 1.82) is 0 Å². The first kappa shape index (κ1) is 28.4. The van der Waals surface area contributed by atoms with E-state index in [-0.39, 0.29) is 23.5 Å². The molecule has 0 bridgehead atoms. The minimum absolute atomic E-state index is 0.0170. The van der Waals surface area contributed by atoms with Crippen LogP contribution in [0.3, 0.4) is 0 Å². The third kappa shape index (κ3) is 4.85. The first-order valence-corrected chi connectivity index (χ1v) is 16.3. The highest BCUT2D eigenvalue weighted by Crippen LogP contribution is 2.47. The summed E-state index contributed by atoms with van der Waals surface area (Å²) in [6.45, 7) is 0.661. The quantitative estimate of drug-likeness (QED) is 0.277. The van der Waals surface area contributed by atoms with E-state index in [9.17, 15) is 18.4 Å². The second-order valence-corrected chi connectivity index (χ2v) is 13.7. The molecule has 8 heteroatoms. The van der Waals surface area contributed by atoms with Gasteiger partial charge in [0.2, 0.25) is 5.91 Å². The summed E-state index contributed by atoms with van der Waals surface area (Å²) in [5.41, 5.74) is 4.49. The molecule has 1 saturated carbocycles. The highest BCUT2D eigenvalue weighted by Gasteiger charge is 2.51. The van der Waals surface area contributed by atoms with Crippen molar-refractivity contribution in [2.75, 3.05) is 11.9 Å². The van der Waals surface area contributed by atoms with E-state index >= 15 is 0 Å². The predicted octanol–water partition coefficient (Wildman–Crippen LogP) is 6.49. The molecule has 2 N–H and O–H groups in total. The number of pyridine rings is 2. The largest absolute Gasteiger partial charge is 0.310 e. The van der Waals surface area contributed by atoms with Crippen LogP contribution in [0.15, 0.2) is 60.8 Å². The Labute approximate surface area is 261 Å². The normalized spacial score (nSPS) is 25.4. The lowest BCUT2D eigenvalue weighted by atomic mass is 9.74. The van der Waals surface area contributed by atoms with E-state index in [0.29, 0.717) is 43.6 Å². The van der Waals surface area contributed by atoms with Gasteiger partial charge in [-0.2, -0.15) is 0 Å². The molecule has 4 aliphatic rings. The Bertz CT molecular complexity index is 1830. The maximum Gasteiger partial charge on any atom is 0.237 e. The number of hydrogen-bond acceptors (Lipinski definition) is 5. The van der Waals surface area contributed by atoms with E-state index < -0.39 is 22.6 Å². The van der Waals surface area contributed by atoms with Gasteiger partial charge >= 0.3 is 0 Å². The van der Waals surface area contributed by atoms with Crippen LogP contribution in [-0.2, 0) is 34.3 Å². The summed E-state index contributed by atoms with van der Waals surface area (Å²) < 4.78 is 28.4. The zero-order valence-corrected chi connectivity index (χ0v) is 25.2. The molecule has 45 heavy (non-hydrogen) atoms. The topological polar surface area (TPSA) is 84.0 Å². The highest BCUT2D eigenvalue weighted by atomic mass is 19.1. The van der Waals surface area contributed by atoms with Gasteiger partial charge in [0.1, 0.15) is 17.5 Å². The Kier molecular flexibility index (Phi) is 6.82. The van der Waals surface area contributed by atoms with E-state index in [2.05, 4.69) is 33.8 Å². The van der Waals surface area contributed by atoms with Crippen molar-refractivity contribution in [3.05, 3.63) is 100 Å². The Morgan fingerprint density at radius 3 is 2.60 bits per heavy atom. The lowest BCUT2D eigenvalue weighted by Crippen LogP contribution is -2.54. The summed E-state index contributed by atoms with van der Waals surface area (Å²) in [6.07, 6.45) is 9.35. The number of aromatic nitrogens is 2. The molecular formula is C37H36F2N4O2. The van der Waals surface area contributed by atoms with Gasteiger partial charge < -0.3 is 10.6 Å². The molecule has 3 atom stereocenters. The molecule has 2 aromatic heterocycles. The Balaban J connectivity index is 1.05. The van der Waals surface area contributed by atoms with Crippen LogP contribution < -0.4 is 10.6 Å².